The van der Waals surface area contributed by atoms with Gasteiger partial charge in [0.2, 0.25) is 0 Å². The third kappa shape index (κ3) is 3.88. The van der Waals surface area contributed by atoms with Gasteiger partial charge in [0, 0.05) is 53.6 Å². The molecule has 0 radical (unpaired) electrons. The summed E-state index contributed by atoms with van der Waals surface area (Å²) in [4.78, 5) is 26.4. The molecule has 152 valence electrons. The number of fused-ring (bicyclic) bond motifs is 1. The van der Waals surface area contributed by atoms with E-state index in [0.29, 0.717) is 11.6 Å². The molecule has 4 aromatic rings. The van der Waals surface area contributed by atoms with Crippen molar-refractivity contribution in [1.82, 2.24) is 30.0 Å². The van der Waals surface area contributed by atoms with E-state index in [0.717, 1.165) is 58.7 Å². The van der Waals surface area contributed by atoms with Crippen molar-refractivity contribution in [2.24, 2.45) is 7.05 Å². The van der Waals surface area contributed by atoms with Crippen LogP contribution in [-0.2, 0) is 13.5 Å². The van der Waals surface area contributed by atoms with Crippen molar-refractivity contribution in [2.75, 3.05) is 13.1 Å². The molecule has 30 heavy (non-hydrogen) atoms. The highest BCUT2D eigenvalue weighted by Gasteiger charge is 2.20. The highest BCUT2D eigenvalue weighted by atomic mass is 32.1. The molecule has 1 saturated heterocycles. The molecular weight excluding hydrogens is 396 g/mol. The number of pyridine rings is 2. The van der Waals surface area contributed by atoms with Crippen LogP contribution in [0.25, 0.3) is 22.0 Å². The smallest absolute Gasteiger partial charge is 0.187 e. The fourth-order valence-corrected chi connectivity index (χ4v) is 4.81. The summed E-state index contributed by atoms with van der Waals surface area (Å²) in [6.07, 6.45) is 9.72. The molecular formula is C22H22N6OS. The first-order valence-corrected chi connectivity index (χ1v) is 11.0. The zero-order valence-electron chi connectivity index (χ0n) is 16.7. The average Bonchev–Trinajstić information content (AvgIpc) is 3.43. The van der Waals surface area contributed by atoms with Crippen LogP contribution in [0.3, 0.4) is 0 Å². The van der Waals surface area contributed by atoms with Crippen molar-refractivity contribution < 1.29 is 4.79 Å². The minimum atomic E-state index is 0.0137. The topological polar surface area (TPSA) is 85.6 Å². The van der Waals surface area contributed by atoms with Crippen molar-refractivity contribution in [3.63, 3.8) is 0 Å². The number of nitrogens with one attached hydrogen (secondary N) is 1. The highest BCUT2D eigenvalue weighted by Crippen LogP contribution is 2.28. The maximum Gasteiger partial charge on any atom is 0.187 e. The van der Waals surface area contributed by atoms with Gasteiger partial charge in [-0.3, -0.25) is 19.4 Å². The van der Waals surface area contributed by atoms with Crippen LogP contribution in [0.5, 0.6) is 0 Å². The molecule has 0 spiro atoms. The lowest BCUT2D eigenvalue weighted by Gasteiger charge is -2.20. The van der Waals surface area contributed by atoms with Gasteiger partial charge in [-0.1, -0.05) is 0 Å². The number of carbonyl (C=O) groups excluding carboxylic acids is 1. The van der Waals surface area contributed by atoms with E-state index in [4.69, 9.17) is 0 Å². The Morgan fingerprint density at radius 2 is 2.00 bits per heavy atom. The first kappa shape index (κ1) is 19.0. The van der Waals surface area contributed by atoms with Crippen molar-refractivity contribution in [1.29, 1.82) is 0 Å². The van der Waals surface area contributed by atoms with Crippen LogP contribution in [-0.4, -0.2) is 43.6 Å². The molecule has 7 nitrogen and oxygen atoms in total. The van der Waals surface area contributed by atoms with Crippen molar-refractivity contribution in [2.45, 2.75) is 25.2 Å². The number of hydrogen-bond donors (Lipinski definition) is 1. The zero-order chi connectivity index (χ0) is 20.5. The van der Waals surface area contributed by atoms with Crippen LogP contribution in [0.4, 0.5) is 0 Å². The molecule has 0 aromatic carbocycles. The van der Waals surface area contributed by atoms with Crippen LogP contribution in [0.1, 0.15) is 39.9 Å². The zero-order valence-corrected chi connectivity index (χ0v) is 17.5. The second kappa shape index (κ2) is 8.04. The van der Waals surface area contributed by atoms with E-state index in [1.165, 1.54) is 0 Å². The summed E-state index contributed by atoms with van der Waals surface area (Å²) < 4.78 is 1.75. The number of nitrogens with zero attached hydrogens (tertiary/aromatic N) is 5. The summed E-state index contributed by atoms with van der Waals surface area (Å²) in [7, 11) is 1.88. The second-order valence-electron chi connectivity index (χ2n) is 7.69. The maximum absolute atomic E-state index is 12.8. The Hall–Kier alpha value is -2.97. The van der Waals surface area contributed by atoms with E-state index in [9.17, 15) is 4.79 Å². The molecule has 1 aliphatic heterocycles. The Morgan fingerprint density at radius 3 is 2.80 bits per heavy atom. The fourth-order valence-electron chi connectivity index (χ4n) is 3.82. The third-order valence-electron chi connectivity index (χ3n) is 5.50. The van der Waals surface area contributed by atoms with Crippen molar-refractivity contribution in [3.05, 3.63) is 58.7 Å². The predicted molar refractivity (Wildman–Crippen MR) is 117 cm³/mol. The molecule has 0 aliphatic carbocycles. The predicted octanol–water partition coefficient (Wildman–Crippen LogP) is 3.38. The highest BCUT2D eigenvalue weighted by molar-refractivity contribution is 7.09. The molecule has 4 aromatic heterocycles. The molecule has 0 unspecified atom stereocenters. The van der Waals surface area contributed by atoms with Crippen LogP contribution in [0.2, 0.25) is 0 Å². The van der Waals surface area contributed by atoms with Gasteiger partial charge in [0.1, 0.15) is 5.69 Å². The maximum atomic E-state index is 12.8. The number of thiazole rings is 1. The third-order valence-corrected chi connectivity index (χ3v) is 6.51. The molecule has 8 heteroatoms. The van der Waals surface area contributed by atoms with Crippen LogP contribution in [0.15, 0.2) is 42.3 Å². The van der Waals surface area contributed by atoms with Gasteiger partial charge in [-0.15, -0.1) is 11.3 Å². The monoisotopic (exact) mass is 418 g/mol. The summed E-state index contributed by atoms with van der Waals surface area (Å²) in [6.45, 7) is 2.04. The number of Topliss-reactive ketones (excluding diaryl/α,β-unsaturated/α-hetero) is 1. The summed E-state index contributed by atoms with van der Waals surface area (Å²) >= 11 is 1.60. The van der Waals surface area contributed by atoms with Crippen LogP contribution in [0, 0.1) is 0 Å². The largest absolute Gasteiger partial charge is 0.317 e. The number of aryl methyl sites for hydroxylation is 1. The Bertz CT molecular complexity index is 1210. The number of aromatic nitrogens is 5. The normalized spacial score (nSPS) is 15.0. The lowest BCUT2D eigenvalue weighted by atomic mass is 9.99. The number of ketones is 1. The fraction of sp³-hybridized carbons (Fsp3) is 0.318. The van der Waals surface area contributed by atoms with Gasteiger partial charge in [0.05, 0.1) is 23.3 Å². The SMILES string of the molecule is Cn1cc(-c2cc3cc(CC(=O)c4csc(C5CCNCC5)n4)ncc3cn2)cn1. The second-order valence-corrected chi connectivity index (χ2v) is 8.58. The Balaban J connectivity index is 1.35. The van der Waals surface area contributed by atoms with Crippen molar-refractivity contribution >= 4 is 27.9 Å². The van der Waals surface area contributed by atoms with E-state index in [2.05, 4.69) is 25.4 Å². The van der Waals surface area contributed by atoms with E-state index in [1.807, 2.05) is 37.0 Å². The van der Waals surface area contributed by atoms with E-state index in [1.54, 1.807) is 28.4 Å². The first-order chi connectivity index (χ1) is 14.7. The average molecular weight is 419 g/mol. The molecule has 1 fully saturated rings. The minimum absolute atomic E-state index is 0.0137. The summed E-state index contributed by atoms with van der Waals surface area (Å²) in [5, 5.41) is 12.5. The first-order valence-electron chi connectivity index (χ1n) is 10.1. The molecule has 5 heterocycles. The van der Waals surface area contributed by atoms with Gasteiger partial charge in [0.25, 0.3) is 0 Å². The Labute approximate surface area is 178 Å². The molecule has 0 atom stereocenters. The van der Waals surface area contributed by atoms with E-state index < -0.39 is 0 Å². The van der Waals surface area contributed by atoms with Gasteiger partial charge < -0.3 is 5.32 Å². The summed E-state index contributed by atoms with van der Waals surface area (Å²) in [5.41, 5.74) is 3.11. The lowest BCUT2D eigenvalue weighted by Crippen LogP contribution is -2.26. The molecule has 0 saturated carbocycles. The number of rotatable bonds is 5. The van der Waals surface area contributed by atoms with Gasteiger partial charge in [-0.2, -0.15) is 5.10 Å². The molecule has 0 amide bonds. The number of piperidine rings is 1. The quantitative estimate of drug-likeness (QED) is 0.500. The molecule has 0 bridgehead atoms. The van der Waals surface area contributed by atoms with Gasteiger partial charge in [-0.25, -0.2) is 4.98 Å². The molecule has 1 N–H and O–H groups in total. The van der Waals surface area contributed by atoms with Crippen LogP contribution < -0.4 is 5.32 Å². The standard InChI is InChI=1S/C22H22N6OS/c1-28-12-17(11-26-28)19-7-15-6-18(24-9-16(15)10-25-19)8-21(29)20-13-30-22(27-20)14-2-4-23-5-3-14/h6-7,9-14,23H,2-5,8H2,1H3. The Morgan fingerprint density at radius 1 is 1.17 bits per heavy atom. The van der Waals surface area contributed by atoms with E-state index in [-0.39, 0.29) is 12.2 Å². The Kier molecular flexibility index (Phi) is 5.10. The number of carbonyl (C=O) groups is 1. The summed E-state index contributed by atoms with van der Waals surface area (Å²) in [6, 6.07) is 3.98. The lowest BCUT2D eigenvalue weighted by molar-refractivity contribution is 0.0987. The molecule has 5 rings (SSSR count). The van der Waals surface area contributed by atoms with E-state index >= 15 is 0 Å². The van der Waals surface area contributed by atoms with Gasteiger partial charge in [0.15, 0.2) is 5.78 Å². The minimum Gasteiger partial charge on any atom is -0.317 e. The van der Waals surface area contributed by atoms with Crippen molar-refractivity contribution in [3.8, 4) is 11.3 Å². The number of hydrogen-bond acceptors (Lipinski definition) is 7. The molecule has 1 aliphatic rings. The van der Waals surface area contributed by atoms with Gasteiger partial charge >= 0.3 is 0 Å². The van der Waals surface area contributed by atoms with Crippen LogP contribution >= 0.6 is 11.3 Å². The van der Waals surface area contributed by atoms with Gasteiger partial charge in [-0.05, 0) is 43.5 Å². The summed E-state index contributed by atoms with van der Waals surface area (Å²) in [5.74, 6) is 0.481.